The molecule has 9 heteroatoms. The van der Waals surface area contributed by atoms with E-state index in [1.807, 2.05) is 0 Å². The largest absolute Gasteiger partial charge is 0.493 e. The maximum Gasteiger partial charge on any atom is 0.348 e. The molecule has 0 N–H and O–H groups in total. The Balaban J connectivity index is 1.82. The first-order valence-corrected chi connectivity index (χ1v) is 9.43. The van der Waals surface area contributed by atoms with Crippen molar-refractivity contribution < 1.29 is 37.6 Å². The molecule has 0 unspecified atom stereocenters. The monoisotopic (exact) mass is 426 g/mol. The molecule has 1 aromatic heterocycles. The smallest absolute Gasteiger partial charge is 0.348 e. The third kappa shape index (κ3) is 2.69. The molecular weight excluding hydrogens is 408 g/mol. The van der Waals surface area contributed by atoms with Crippen molar-refractivity contribution in [2.24, 2.45) is 0 Å². The van der Waals surface area contributed by atoms with Crippen LogP contribution in [0.15, 0.2) is 39.5 Å². The van der Waals surface area contributed by atoms with Gasteiger partial charge in [-0.1, -0.05) is 12.1 Å². The van der Waals surface area contributed by atoms with Crippen molar-refractivity contribution in [3.8, 4) is 28.7 Å². The van der Waals surface area contributed by atoms with Gasteiger partial charge in [-0.3, -0.25) is 0 Å². The lowest BCUT2D eigenvalue weighted by atomic mass is 9.87. The summed E-state index contributed by atoms with van der Waals surface area (Å²) in [6.07, 6.45) is -1.15. The Labute approximate surface area is 176 Å². The summed E-state index contributed by atoms with van der Waals surface area (Å²) in [6, 6.07) is 8.58. The van der Waals surface area contributed by atoms with Crippen LogP contribution in [0.1, 0.15) is 17.0 Å². The highest BCUT2D eigenvalue weighted by Crippen LogP contribution is 2.55. The van der Waals surface area contributed by atoms with E-state index in [2.05, 4.69) is 0 Å². The van der Waals surface area contributed by atoms with Gasteiger partial charge in [-0.2, -0.15) is 0 Å². The number of methoxy groups -OCH3 is 3. The van der Waals surface area contributed by atoms with Crippen LogP contribution >= 0.6 is 0 Å². The third-order valence-corrected chi connectivity index (χ3v) is 5.44. The Kier molecular flexibility index (Phi) is 4.39. The van der Waals surface area contributed by atoms with Crippen molar-refractivity contribution in [2.75, 3.05) is 28.1 Å². The molecule has 2 atom stereocenters. The van der Waals surface area contributed by atoms with Crippen molar-refractivity contribution in [2.45, 2.75) is 12.0 Å². The molecule has 0 spiro atoms. The molecule has 0 bridgehead atoms. The SMILES string of the molecule is COC(=O)[C@@H]1Oc2c(c(=O)oc3ccccc23)[C@@H]1c1cc(OC)c2c(c1OC)OCO2. The lowest BCUT2D eigenvalue weighted by molar-refractivity contribution is -0.148. The average molecular weight is 426 g/mol. The number of rotatable bonds is 4. The van der Waals surface area contributed by atoms with Crippen LogP contribution in [-0.4, -0.2) is 40.2 Å². The number of carbonyl (C=O) groups is 1. The van der Waals surface area contributed by atoms with E-state index in [1.165, 1.54) is 21.3 Å². The minimum Gasteiger partial charge on any atom is -0.493 e. The van der Waals surface area contributed by atoms with E-state index in [0.29, 0.717) is 39.5 Å². The zero-order chi connectivity index (χ0) is 21.7. The summed E-state index contributed by atoms with van der Waals surface area (Å²) in [6.45, 7) is -0.0174. The van der Waals surface area contributed by atoms with Gasteiger partial charge in [-0.15, -0.1) is 0 Å². The normalized spacial score (nSPS) is 18.4. The van der Waals surface area contributed by atoms with E-state index in [-0.39, 0.29) is 18.1 Å². The van der Waals surface area contributed by atoms with Crippen LogP contribution in [0.5, 0.6) is 28.7 Å². The quantitative estimate of drug-likeness (QED) is 0.460. The van der Waals surface area contributed by atoms with Crippen molar-refractivity contribution >= 4 is 16.9 Å². The van der Waals surface area contributed by atoms with E-state index in [0.717, 1.165) is 0 Å². The van der Waals surface area contributed by atoms with Gasteiger partial charge in [0, 0.05) is 5.56 Å². The third-order valence-electron chi connectivity index (χ3n) is 5.44. The molecule has 0 fully saturated rings. The molecule has 31 heavy (non-hydrogen) atoms. The maximum absolute atomic E-state index is 13.0. The van der Waals surface area contributed by atoms with Crippen LogP contribution in [0.3, 0.4) is 0 Å². The zero-order valence-electron chi connectivity index (χ0n) is 16.9. The molecule has 0 amide bonds. The number of para-hydroxylation sites is 1. The number of hydrogen-bond acceptors (Lipinski definition) is 9. The van der Waals surface area contributed by atoms with Crippen molar-refractivity contribution in [1.29, 1.82) is 0 Å². The molecule has 0 saturated heterocycles. The number of fused-ring (bicyclic) bond motifs is 4. The highest BCUT2D eigenvalue weighted by atomic mass is 16.7. The molecule has 0 saturated carbocycles. The molecule has 2 aliphatic heterocycles. The summed E-state index contributed by atoms with van der Waals surface area (Å²) in [5.74, 6) is 0.0965. The number of hydrogen-bond donors (Lipinski definition) is 0. The van der Waals surface area contributed by atoms with Gasteiger partial charge < -0.3 is 32.8 Å². The summed E-state index contributed by atoms with van der Waals surface area (Å²) >= 11 is 0. The van der Waals surface area contributed by atoms with Gasteiger partial charge in [0.25, 0.3) is 0 Å². The molecule has 2 aliphatic rings. The van der Waals surface area contributed by atoms with E-state index < -0.39 is 23.6 Å². The lowest BCUT2D eigenvalue weighted by Gasteiger charge is -2.21. The summed E-state index contributed by atoms with van der Waals surface area (Å²) < 4.78 is 38.6. The minimum absolute atomic E-state index is 0.0174. The first kappa shape index (κ1) is 19.1. The van der Waals surface area contributed by atoms with E-state index >= 15 is 0 Å². The fourth-order valence-corrected chi connectivity index (χ4v) is 4.12. The maximum atomic E-state index is 13.0. The summed E-state index contributed by atoms with van der Waals surface area (Å²) in [4.78, 5) is 25.7. The number of benzene rings is 2. The first-order chi connectivity index (χ1) is 15.1. The van der Waals surface area contributed by atoms with Crippen LogP contribution in [0.4, 0.5) is 0 Å². The zero-order valence-corrected chi connectivity index (χ0v) is 16.9. The van der Waals surface area contributed by atoms with Crippen LogP contribution in [0.2, 0.25) is 0 Å². The van der Waals surface area contributed by atoms with Gasteiger partial charge >= 0.3 is 11.6 Å². The average Bonchev–Trinajstić information content (AvgIpc) is 3.43. The molecule has 0 aliphatic carbocycles. The minimum atomic E-state index is -1.15. The first-order valence-electron chi connectivity index (χ1n) is 9.43. The van der Waals surface area contributed by atoms with Gasteiger partial charge in [-0.25, -0.2) is 9.59 Å². The predicted molar refractivity (Wildman–Crippen MR) is 106 cm³/mol. The van der Waals surface area contributed by atoms with E-state index in [4.69, 9.17) is 32.8 Å². The van der Waals surface area contributed by atoms with Crippen LogP contribution in [0.25, 0.3) is 11.0 Å². The van der Waals surface area contributed by atoms with Gasteiger partial charge in [0.1, 0.15) is 11.3 Å². The van der Waals surface area contributed by atoms with Gasteiger partial charge in [0.15, 0.2) is 11.5 Å². The second-order valence-electron chi connectivity index (χ2n) is 6.93. The van der Waals surface area contributed by atoms with Gasteiger partial charge in [-0.05, 0) is 18.2 Å². The fourth-order valence-electron chi connectivity index (χ4n) is 4.12. The number of carbonyl (C=O) groups excluding carboxylic acids is 1. The van der Waals surface area contributed by atoms with Crippen molar-refractivity contribution in [3.63, 3.8) is 0 Å². The standard InChI is InChI=1S/C22H18O9/c1-25-13-8-11(17(26-2)20-18(13)28-9-29-20)14-15-16(31-19(14)22(24)27-3)10-6-4-5-7-12(10)30-21(15)23/h4-8,14,19H,9H2,1-3H3/t14-,19+/m0/s1. The molecule has 9 nitrogen and oxygen atoms in total. The van der Waals surface area contributed by atoms with Crippen LogP contribution < -0.4 is 29.3 Å². The van der Waals surface area contributed by atoms with E-state index in [1.54, 1.807) is 30.3 Å². The molecule has 5 rings (SSSR count). The van der Waals surface area contributed by atoms with Gasteiger partial charge in [0.05, 0.1) is 38.2 Å². The number of esters is 1. The number of ether oxygens (including phenoxy) is 6. The summed E-state index contributed by atoms with van der Waals surface area (Å²) in [5.41, 5.74) is 0.364. The van der Waals surface area contributed by atoms with Crippen molar-refractivity contribution in [3.05, 3.63) is 51.9 Å². The Morgan fingerprint density at radius 3 is 2.55 bits per heavy atom. The topological polar surface area (TPSA) is 103 Å². The Morgan fingerprint density at radius 1 is 1.03 bits per heavy atom. The summed E-state index contributed by atoms with van der Waals surface area (Å²) in [5, 5.41) is 0.570. The second-order valence-corrected chi connectivity index (χ2v) is 6.93. The van der Waals surface area contributed by atoms with Crippen LogP contribution in [0, 0.1) is 0 Å². The second kappa shape index (κ2) is 7.12. The van der Waals surface area contributed by atoms with Gasteiger partial charge in [0.2, 0.25) is 24.4 Å². The highest BCUT2D eigenvalue weighted by molar-refractivity contribution is 5.89. The fraction of sp³-hybridized carbons (Fsp3) is 0.273. The Morgan fingerprint density at radius 2 is 1.81 bits per heavy atom. The molecule has 0 radical (unpaired) electrons. The van der Waals surface area contributed by atoms with Crippen LogP contribution in [-0.2, 0) is 9.53 Å². The predicted octanol–water partition coefficient (Wildman–Crippen LogP) is 2.60. The molecule has 2 aromatic carbocycles. The Hall–Kier alpha value is -3.88. The molecular formula is C22H18O9. The molecule has 160 valence electrons. The molecule has 3 aromatic rings. The van der Waals surface area contributed by atoms with E-state index in [9.17, 15) is 9.59 Å². The summed E-state index contributed by atoms with van der Waals surface area (Å²) in [7, 11) is 4.19. The van der Waals surface area contributed by atoms with Crippen molar-refractivity contribution in [1.82, 2.24) is 0 Å². The lowest BCUT2D eigenvalue weighted by Crippen LogP contribution is -2.32. The Bertz CT molecular complexity index is 1260. The highest BCUT2D eigenvalue weighted by Gasteiger charge is 2.47. The molecule has 3 heterocycles.